The number of Topliss-reactive ketones (excluding diaryl/α,β-unsaturated/α-hetero) is 1. The third kappa shape index (κ3) is 1.99. The monoisotopic (exact) mass is 304 g/mol. The van der Waals surface area contributed by atoms with Crippen LogP contribution in [-0.4, -0.2) is 31.3 Å². The maximum Gasteiger partial charge on any atom is 0.295 e. The van der Waals surface area contributed by atoms with Gasteiger partial charge in [-0.3, -0.25) is 4.79 Å². The molecule has 1 aliphatic heterocycles. The van der Waals surface area contributed by atoms with Crippen molar-refractivity contribution >= 4 is 5.78 Å². The SMILES string of the molecule is O=C1Cc2c(O)cc(O)cc2O[C@@]1(O)c1ccc(O)c(O)c1. The summed E-state index contributed by atoms with van der Waals surface area (Å²) in [5.74, 6) is -4.74. The predicted octanol–water partition coefficient (Wildman–Crippen LogP) is 0.858. The Morgan fingerprint density at radius 1 is 0.955 bits per heavy atom. The molecule has 114 valence electrons. The van der Waals surface area contributed by atoms with Crippen molar-refractivity contribution in [2.24, 2.45) is 0 Å². The van der Waals surface area contributed by atoms with Crippen LogP contribution in [0.15, 0.2) is 30.3 Å². The van der Waals surface area contributed by atoms with Gasteiger partial charge in [0.05, 0.1) is 0 Å². The van der Waals surface area contributed by atoms with Crippen LogP contribution in [0.2, 0.25) is 0 Å². The van der Waals surface area contributed by atoms with Crippen molar-refractivity contribution in [2.45, 2.75) is 12.2 Å². The minimum atomic E-state index is -2.39. The molecule has 0 amide bonds. The third-order valence-electron chi connectivity index (χ3n) is 3.51. The van der Waals surface area contributed by atoms with Crippen LogP contribution >= 0.6 is 0 Å². The number of aliphatic hydroxyl groups is 1. The summed E-state index contributed by atoms with van der Waals surface area (Å²) < 4.78 is 5.27. The molecule has 1 heterocycles. The lowest BCUT2D eigenvalue weighted by molar-refractivity contribution is -0.179. The second kappa shape index (κ2) is 4.54. The van der Waals surface area contributed by atoms with Crippen LogP contribution in [0.3, 0.4) is 0 Å². The molecule has 2 aromatic rings. The van der Waals surface area contributed by atoms with Gasteiger partial charge in [0, 0.05) is 29.7 Å². The molecule has 0 radical (unpaired) electrons. The molecule has 7 nitrogen and oxygen atoms in total. The summed E-state index contributed by atoms with van der Waals surface area (Å²) in [6.45, 7) is 0. The van der Waals surface area contributed by atoms with Gasteiger partial charge in [0.1, 0.15) is 17.2 Å². The van der Waals surface area contributed by atoms with Crippen LogP contribution in [0.1, 0.15) is 11.1 Å². The lowest BCUT2D eigenvalue weighted by Gasteiger charge is -2.33. The minimum Gasteiger partial charge on any atom is -0.508 e. The molecule has 0 bridgehead atoms. The fraction of sp³-hybridized carbons (Fsp3) is 0.133. The first-order chi connectivity index (χ1) is 10.3. The number of phenols is 4. The van der Waals surface area contributed by atoms with E-state index in [1.165, 1.54) is 6.07 Å². The number of rotatable bonds is 1. The Bertz CT molecular complexity index is 784. The van der Waals surface area contributed by atoms with Gasteiger partial charge in [-0.25, -0.2) is 0 Å². The number of ketones is 1. The van der Waals surface area contributed by atoms with Crippen molar-refractivity contribution in [3.8, 4) is 28.7 Å². The first-order valence-electron chi connectivity index (χ1n) is 6.33. The van der Waals surface area contributed by atoms with Gasteiger partial charge in [-0.15, -0.1) is 0 Å². The maximum absolute atomic E-state index is 12.2. The highest BCUT2D eigenvalue weighted by Crippen LogP contribution is 2.43. The van der Waals surface area contributed by atoms with Crippen molar-refractivity contribution in [1.29, 1.82) is 0 Å². The molecular weight excluding hydrogens is 292 g/mol. The fourth-order valence-electron chi connectivity index (χ4n) is 2.34. The molecule has 3 rings (SSSR count). The number of fused-ring (bicyclic) bond motifs is 1. The van der Waals surface area contributed by atoms with Crippen molar-refractivity contribution in [3.05, 3.63) is 41.5 Å². The summed E-state index contributed by atoms with van der Waals surface area (Å²) >= 11 is 0. The Labute approximate surface area is 124 Å². The quantitative estimate of drug-likeness (QED) is 0.494. The second-order valence-corrected chi connectivity index (χ2v) is 4.99. The largest absolute Gasteiger partial charge is 0.508 e. The highest BCUT2D eigenvalue weighted by atomic mass is 16.6. The van der Waals surface area contributed by atoms with E-state index in [9.17, 15) is 30.3 Å². The van der Waals surface area contributed by atoms with Gasteiger partial charge in [-0.2, -0.15) is 0 Å². The standard InChI is InChI=1S/C15H12O7/c16-8-4-11(18)9-6-14(20)15(21,22-13(9)5-8)7-1-2-10(17)12(19)3-7/h1-5,16-19,21H,6H2/t15-/m0/s1. The van der Waals surface area contributed by atoms with Gasteiger partial charge in [0.15, 0.2) is 11.5 Å². The molecule has 1 atom stereocenters. The highest BCUT2D eigenvalue weighted by molar-refractivity contribution is 5.92. The van der Waals surface area contributed by atoms with Crippen molar-refractivity contribution in [1.82, 2.24) is 0 Å². The third-order valence-corrected chi connectivity index (χ3v) is 3.51. The van der Waals surface area contributed by atoms with E-state index in [0.717, 1.165) is 24.3 Å². The van der Waals surface area contributed by atoms with Gasteiger partial charge in [0.2, 0.25) is 5.78 Å². The average Bonchev–Trinajstić information content (AvgIpc) is 2.44. The highest BCUT2D eigenvalue weighted by Gasteiger charge is 2.45. The van der Waals surface area contributed by atoms with Crippen LogP contribution in [0, 0.1) is 0 Å². The first-order valence-corrected chi connectivity index (χ1v) is 6.33. The summed E-state index contributed by atoms with van der Waals surface area (Å²) in [5.41, 5.74) is 0.0664. The van der Waals surface area contributed by atoms with E-state index in [1.54, 1.807) is 0 Å². The van der Waals surface area contributed by atoms with Crippen LogP contribution < -0.4 is 4.74 Å². The molecule has 7 heteroatoms. The topological polar surface area (TPSA) is 127 Å². The Morgan fingerprint density at radius 2 is 1.68 bits per heavy atom. The fourth-order valence-corrected chi connectivity index (χ4v) is 2.34. The van der Waals surface area contributed by atoms with Crippen LogP contribution in [0.4, 0.5) is 0 Å². The van der Waals surface area contributed by atoms with Gasteiger partial charge >= 0.3 is 0 Å². The molecule has 2 aromatic carbocycles. The molecule has 5 N–H and O–H groups in total. The van der Waals surface area contributed by atoms with E-state index < -0.39 is 23.1 Å². The van der Waals surface area contributed by atoms with E-state index in [-0.39, 0.29) is 34.8 Å². The Morgan fingerprint density at radius 3 is 2.36 bits per heavy atom. The number of ether oxygens (including phenoxy) is 1. The Balaban J connectivity index is 2.11. The number of benzene rings is 2. The van der Waals surface area contributed by atoms with Crippen LogP contribution in [-0.2, 0) is 17.0 Å². The summed E-state index contributed by atoms with van der Waals surface area (Å²) in [7, 11) is 0. The van der Waals surface area contributed by atoms with E-state index in [4.69, 9.17) is 4.74 Å². The number of carbonyl (C=O) groups is 1. The van der Waals surface area contributed by atoms with Crippen molar-refractivity contribution in [3.63, 3.8) is 0 Å². The van der Waals surface area contributed by atoms with E-state index in [1.807, 2.05) is 0 Å². The zero-order valence-electron chi connectivity index (χ0n) is 11.1. The second-order valence-electron chi connectivity index (χ2n) is 4.99. The Kier molecular flexibility index (Phi) is 2.89. The predicted molar refractivity (Wildman–Crippen MR) is 72.8 cm³/mol. The molecule has 0 aliphatic carbocycles. The molecular formula is C15H12O7. The normalized spacial score (nSPS) is 20.3. The first kappa shape index (κ1) is 14.0. The number of phenolic OH excluding ortho intramolecular Hbond substituents is 4. The molecule has 0 aromatic heterocycles. The van der Waals surface area contributed by atoms with Crippen LogP contribution in [0.25, 0.3) is 0 Å². The molecule has 0 spiro atoms. The van der Waals surface area contributed by atoms with E-state index in [2.05, 4.69) is 0 Å². The van der Waals surface area contributed by atoms with Gasteiger partial charge < -0.3 is 30.3 Å². The smallest absolute Gasteiger partial charge is 0.295 e. The zero-order valence-corrected chi connectivity index (χ0v) is 11.1. The molecule has 0 unspecified atom stereocenters. The van der Waals surface area contributed by atoms with Gasteiger partial charge in [0.25, 0.3) is 5.79 Å². The molecule has 0 fully saturated rings. The zero-order chi connectivity index (χ0) is 16.1. The lowest BCUT2D eigenvalue weighted by atomic mass is 9.92. The number of hydrogen-bond donors (Lipinski definition) is 5. The minimum absolute atomic E-state index is 0.0489. The molecule has 1 aliphatic rings. The van der Waals surface area contributed by atoms with Crippen molar-refractivity contribution in [2.75, 3.05) is 0 Å². The summed E-state index contributed by atoms with van der Waals surface area (Å²) in [5, 5.41) is 48.5. The van der Waals surface area contributed by atoms with Gasteiger partial charge in [-0.1, -0.05) is 0 Å². The van der Waals surface area contributed by atoms with Crippen molar-refractivity contribution < 1.29 is 35.1 Å². The molecule has 22 heavy (non-hydrogen) atoms. The molecule has 0 saturated carbocycles. The number of aromatic hydroxyl groups is 4. The van der Waals surface area contributed by atoms with E-state index in [0.29, 0.717) is 0 Å². The average molecular weight is 304 g/mol. The number of carbonyl (C=O) groups excluding carboxylic acids is 1. The van der Waals surface area contributed by atoms with Crippen LogP contribution in [0.5, 0.6) is 28.7 Å². The summed E-state index contributed by atoms with van der Waals surface area (Å²) in [6, 6.07) is 5.55. The lowest BCUT2D eigenvalue weighted by Crippen LogP contribution is -2.45. The number of hydrogen-bond acceptors (Lipinski definition) is 7. The van der Waals surface area contributed by atoms with E-state index >= 15 is 0 Å². The molecule has 0 saturated heterocycles. The summed E-state index contributed by atoms with van der Waals surface area (Å²) in [6.07, 6.45) is -0.320. The summed E-state index contributed by atoms with van der Waals surface area (Å²) in [4.78, 5) is 12.2. The maximum atomic E-state index is 12.2. The van der Waals surface area contributed by atoms with Gasteiger partial charge in [-0.05, 0) is 18.2 Å². The Hall–Kier alpha value is -2.93.